The maximum Gasteiger partial charge on any atom is 0.228 e. The molecule has 1 aromatic carbocycles. The van der Waals surface area contributed by atoms with Gasteiger partial charge >= 0.3 is 0 Å². The molecule has 1 amide bonds. The second kappa shape index (κ2) is 5.14. The Hall–Kier alpha value is -1.06. The Morgan fingerprint density at radius 1 is 1.47 bits per heavy atom. The van der Waals surface area contributed by atoms with Crippen LogP contribution in [0.5, 0.6) is 0 Å². The van der Waals surface area contributed by atoms with E-state index in [1.54, 1.807) is 0 Å². The molecular formula is C15H21ClN2O. The Balaban J connectivity index is 2.45. The number of hydrogen-bond acceptors (Lipinski definition) is 2. The topological polar surface area (TPSA) is 41.1 Å². The van der Waals surface area contributed by atoms with Gasteiger partial charge in [0.15, 0.2) is 0 Å². The Bertz CT molecular complexity index is 511. The molecule has 0 aromatic heterocycles. The molecule has 1 aliphatic rings. The zero-order valence-electron chi connectivity index (χ0n) is 11.9. The fourth-order valence-corrected chi connectivity index (χ4v) is 2.93. The molecule has 0 spiro atoms. The van der Waals surface area contributed by atoms with Crippen molar-refractivity contribution in [2.45, 2.75) is 39.7 Å². The minimum atomic E-state index is 0.0407. The molecule has 1 atom stereocenters. The van der Waals surface area contributed by atoms with E-state index in [0.29, 0.717) is 11.4 Å². The molecule has 1 unspecified atom stereocenters. The summed E-state index contributed by atoms with van der Waals surface area (Å²) >= 11 is 6.40. The number of amides is 1. The van der Waals surface area contributed by atoms with E-state index in [9.17, 15) is 4.79 Å². The molecule has 0 radical (unpaired) electrons. The molecule has 2 N–H and O–H groups in total. The van der Waals surface area contributed by atoms with E-state index < -0.39 is 0 Å². The van der Waals surface area contributed by atoms with Gasteiger partial charge in [-0.25, -0.2) is 0 Å². The predicted molar refractivity (Wildman–Crippen MR) is 79.7 cm³/mol. The summed E-state index contributed by atoms with van der Waals surface area (Å²) in [6, 6.07) is 4.10. The monoisotopic (exact) mass is 280 g/mol. The zero-order chi connectivity index (χ0) is 14.2. The number of benzene rings is 1. The molecule has 19 heavy (non-hydrogen) atoms. The van der Waals surface area contributed by atoms with E-state index in [1.165, 1.54) is 0 Å². The van der Waals surface area contributed by atoms with Crippen LogP contribution in [0.3, 0.4) is 0 Å². The van der Waals surface area contributed by atoms with Crippen LogP contribution in [0.4, 0.5) is 5.69 Å². The lowest BCUT2D eigenvalue weighted by Crippen LogP contribution is -2.31. The highest BCUT2D eigenvalue weighted by Gasteiger charge is 2.31. The molecule has 0 bridgehead atoms. The normalized spacial score (nSPS) is 16.2. The molecule has 0 saturated carbocycles. The van der Waals surface area contributed by atoms with Crippen LogP contribution in [0.2, 0.25) is 5.02 Å². The van der Waals surface area contributed by atoms with E-state index in [-0.39, 0.29) is 17.4 Å². The van der Waals surface area contributed by atoms with Gasteiger partial charge in [0.25, 0.3) is 0 Å². The molecule has 2 rings (SSSR count). The molecule has 0 saturated heterocycles. The van der Waals surface area contributed by atoms with E-state index >= 15 is 0 Å². The van der Waals surface area contributed by atoms with Gasteiger partial charge in [-0.1, -0.05) is 38.4 Å². The quantitative estimate of drug-likeness (QED) is 0.886. The van der Waals surface area contributed by atoms with E-state index in [4.69, 9.17) is 11.6 Å². The highest BCUT2D eigenvalue weighted by Crippen LogP contribution is 2.41. The second-order valence-electron chi connectivity index (χ2n) is 5.82. The number of anilines is 1. The molecule has 1 heterocycles. The van der Waals surface area contributed by atoms with Gasteiger partial charge in [0.1, 0.15) is 0 Å². The third-order valence-corrected chi connectivity index (χ3v) is 4.47. The third kappa shape index (κ3) is 2.63. The van der Waals surface area contributed by atoms with Crippen LogP contribution in [0, 0.1) is 5.41 Å². The Kier molecular flexibility index (Phi) is 3.88. The SMILES string of the molecule is CCC(C)(C)C(NC)c1cc2c(cc1Cl)NC(=O)C2. The zero-order valence-corrected chi connectivity index (χ0v) is 12.7. The number of carbonyl (C=O) groups is 1. The number of rotatable bonds is 4. The Labute approximate surface area is 119 Å². The minimum Gasteiger partial charge on any atom is -0.325 e. The molecule has 4 heteroatoms. The van der Waals surface area contributed by atoms with Crippen LogP contribution in [0.15, 0.2) is 12.1 Å². The van der Waals surface area contributed by atoms with E-state index in [0.717, 1.165) is 23.2 Å². The van der Waals surface area contributed by atoms with Gasteiger partial charge in [-0.3, -0.25) is 4.79 Å². The lowest BCUT2D eigenvalue weighted by atomic mass is 9.78. The van der Waals surface area contributed by atoms with Gasteiger partial charge in [-0.15, -0.1) is 0 Å². The fraction of sp³-hybridized carbons (Fsp3) is 0.533. The van der Waals surface area contributed by atoms with Crippen molar-refractivity contribution < 1.29 is 4.79 Å². The van der Waals surface area contributed by atoms with Crippen molar-refractivity contribution in [1.29, 1.82) is 0 Å². The standard InChI is InChI=1S/C15H21ClN2O/c1-5-15(2,3)14(17-4)10-6-9-7-13(19)18-12(9)8-11(10)16/h6,8,14,17H,5,7H2,1-4H3,(H,18,19). The average molecular weight is 281 g/mol. The van der Waals surface area contributed by atoms with Crippen LogP contribution in [-0.2, 0) is 11.2 Å². The van der Waals surface area contributed by atoms with Crippen LogP contribution in [-0.4, -0.2) is 13.0 Å². The first kappa shape index (κ1) is 14.4. The molecule has 0 aliphatic carbocycles. The molecular weight excluding hydrogens is 260 g/mol. The summed E-state index contributed by atoms with van der Waals surface area (Å²) in [6.45, 7) is 6.62. The van der Waals surface area contributed by atoms with Crippen molar-refractivity contribution in [3.63, 3.8) is 0 Å². The van der Waals surface area contributed by atoms with Crippen molar-refractivity contribution in [3.05, 3.63) is 28.3 Å². The largest absolute Gasteiger partial charge is 0.325 e. The Morgan fingerprint density at radius 2 is 2.16 bits per heavy atom. The molecule has 1 aliphatic heterocycles. The van der Waals surface area contributed by atoms with Crippen molar-refractivity contribution in [2.75, 3.05) is 12.4 Å². The first-order valence-electron chi connectivity index (χ1n) is 6.68. The molecule has 1 aromatic rings. The second-order valence-corrected chi connectivity index (χ2v) is 6.23. The minimum absolute atomic E-state index is 0.0407. The number of nitrogens with one attached hydrogen (secondary N) is 2. The highest BCUT2D eigenvalue weighted by molar-refractivity contribution is 6.32. The van der Waals surface area contributed by atoms with Crippen molar-refractivity contribution in [3.8, 4) is 0 Å². The van der Waals surface area contributed by atoms with Crippen LogP contribution < -0.4 is 10.6 Å². The maximum atomic E-state index is 11.4. The Morgan fingerprint density at radius 3 is 2.74 bits per heavy atom. The number of halogens is 1. The smallest absolute Gasteiger partial charge is 0.228 e. The van der Waals surface area contributed by atoms with Gasteiger partial charge in [0.2, 0.25) is 5.91 Å². The van der Waals surface area contributed by atoms with Crippen molar-refractivity contribution in [2.24, 2.45) is 5.41 Å². The summed E-state index contributed by atoms with van der Waals surface area (Å²) in [5.74, 6) is 0.0407. The predicted octanol–water partition coefficient (Wildman–Crippen LogP) is 3.53. The maximum absolute atomic E-state index is 11.4. The van der Waals surface area contributed by atoms with Gasteiger partial charge < -0.3 is 10.6 Å². The van der Waals surface area contributed by atoms with Crippen LogP contribution in [0.25, 0.3) is 0 Å². The highest BCUT2D eigenvalue weighted by atomic mass is 35.5. The molecule has 3 nitrogen and oxygen atoms in total. The molecule has 0 fully saturated rings. The number of hydrogen-bond donors (Lipinski definition) is 2. The van der Waals surface area contributed by atoms with Crippen molar-refractivity contribution in [1.82, 2.24) is 5.32 Å². The van der Waals surface area contributed by atoms with E-state index in [1.807, 2.05) is 13.1 Å². The average Bonchev–Trinajstić information content (AvgIpc) is 2.69. The van der Waals surface area contributed by atoms with Gasteiger partial charge in [-0.2, -0.15) is 0 Å². The first-order valence-corrected chi connectivity index (χ1v) is 7.06. The lowest BCUT2D eigenvalue weighted by Gasteiger charge is -2.34. The summed E-state index contributed by atoms with van der Waals surface area (Å²) < 4.78 is 0. The summed E-state index contributed by atoms with van der Waals surface area (Å²) in [5, 5.41) is 6.90. The van der Waals surface area contributed by atoms with E-state index in [2.05, 4.69) is 37.5 Å². The fourth-order valence-electron chi connectivity index (χ4n) is 2.66. The first-order chi connectivity index (χ1) is 8.89. The summed E-state index contributed by atoms with van der Waals surface area (Å²) in [7, 11) is 1.95. The summed E-state index contributed by atoms with van der Waals surface area (Å²) in [6.07, 6.45) is 1.49. The van der Waals surface area contributed by atoms with Crippen molar-refractivity contribution >= 4 is 23.2 Å². The van der Waals surface area contributed by atoms with Gasteiger partial charge in [0.05, 0.1) is 6.42 Å². The van der Waals surface area contributed by atoms with Gasteiger partial charge in [0, 0.05) is 16.8 Å². The number of carbonyl (C=O) groups excluding carboxylic acids is 1. The molecule has 104 valence electrons. The lowest BCUT2D eigenvalue weighted by molar-refractivity contribution is -0.115. The third-order valence-electron chi connectivity index (χ3n) is 4.14. The summed E-state index contributed by atoms with van der Waals surface area (Å²) in [5.41, 5.74) is 3.06. The summed E-state index contributed by atoms with van der Waals surface area (Å²) in [4.78, 5) is 11.4. The van der Waals surface area contributed by atoms with Crippen LogP contribution in [0.1, 0.15) is 44.4 Å². The van der Waals surface area contributed by atoms with Crippen LogP contribution >= 0.6 is 11.6 Å². The number of fused-ring (bicyclic) bond motifs is 1. The van der Waals surface area contributed by atoms with Gasteiger partial charge in [-0.05, 0) is 36.1 Å².